The fourth-order valence-electron chi connectivity index (χ4n) is 1.40. The number of ether oxygens (including phenoxy) is 1. The van der Waals surface area contributed by atoms with Gasteiger partial charge in [0.2, 0.25) is 11.8 Å². The number of pyridine rings is 1. The molecule has 2 N–H and O–H groups in total. The molecule has 0 bridgehead atoms. The van der Waals surface area contributed by atoms with E-state index in [1.807, 2.05) is 0 Å². The van der Waals surface area contributed by atoms with Crippen molar-refractivity contribution < 1.29 is 14.9 Å². The van der Waals surface area contributed by atoms with Crippen LogP contribution in [0, 0.1) is 6.92 Å². The molecule has 0 saturated heterocycles. The molecule has 14 heavy (non-hydrogen) atoms. The van der Waals surface area contributed by atoms with Crippen LogP contribution in [0.1, 0.15) is 5.56 Å². The number of rotatable bonds is 1. The van der Waals surface area contributed by atoms with E-state index in [0.717, 1.165) is 0 Å². The predicted molar refractivity (Wildman–Crippen MR) is 49.8 cm³/mol. The van der Waals surface area contributed by atoms with Crippen LogP contribution in [0.15, 0.2) is 12.1 Å². The summed E-state index contributed by atoms with van der Waals surface area (Å²) in [6, 6.07) is 3.08. The van der Waals surface area contributed by atoms with Gasteiger partial charge >= 0.3 is 0 Å². The number of hydrogen-bond acceptors (Lipinski definition) is 4. The van der Waals surface area contributed by atoms with Gasteiger partial charge in [-0.05, 0) is 13.0 Å². The van der Waals surface area contributed by atoms with E-state index in [-0.39, 0.29) is 11.6 Å². The van der Waals surface area contributed by atoms with E-state index in [0.29, 0.717) is 17.0 Å². The summed E-state index contributed by atoms with van der Waals surface area (Å²) in [5, 5.41) is 22.8. The molecule has 74 valence electrons. The molecule has 2 aromatic heterocycles. The molecule has 0 saturated carbocycles. The van der Waals surface area contributed by atoms with Gasteiger partial charge < -0.3 is 14.9 Å². The van der Waals surface area contributed by atoms with E-state index in [9.17, 15) is 10.2 Å². The molecule has 0 aromatic carbocycles. The summed E-state index contributed by atoms with van der Waals surface area (Å²) in [6.07, 6.45) is 0. The van der Waals surface area contributed by atoms with Crippen LogP contribution in [0.5, 0.6) is 17.5 Å². The molecule has 5 heteroatoms. The maximum absolute atomic E-state index is 9.56. The van der Waals surface area contributed by atoms with Crippen molar-refractivity contribution in [1.82, 2.24) is 9.61 Å². The lowest BCUT2D eigenvalue weighted by molar-refractivity contribution is 0.377. The summed E-state index contributed by atoms with van der Waals surface area (Å²) in [7, 11) is 1.50. The minimum atomic E-state index is -0.107. The number of fused-ring (bicyclic) bond motifs is 1. The first-order valence-electron chi connectivity index (χ1n) is 4.09. The van der Waals surface area contributed by atoms with E-state index >= 15 is 0 Å². The number of aryl methyl sites for hydroxylation is 1. The lowest BCUT2D eigenvalue weighted by atomic mass is 10.2. The Kier molecular flexibility index (Phi) is 1.73. The minimum absolute atomic E-state index is 0.0658. The molecule has 2 rings (SSSR count). The second kappa shape index (κ2) is 2.80. The quantitative estimate of drug-likeness (QED) is 0.712. The summed E-state index contributed by atoms with van der Waals surface area (Å²) >= 11 is 0. The highest BCUT2D eigenvalue weighted by molar-refractivity contribution is 5.68. The zero-order valence-electron chi connectivity index (χ0n) is 7.85. The van der Waals surface area contributed by atoms with Crippen molar-refractivity contribution in [2.24, 2.45) is 0 Å². The van der Waals surface area contributed by atoms with E-state index < -0.39 is 0 Å². The van der Waals surface area contributed by atoms with Crippen LogP contribution in [-0.2, 0) is 0 Å². The monoisotopic (exact) mass is 194 g/mol. The van der Waals surface area contributed by atoms with Crippen molar-refractivity contribution in [3.63, 3.8) is 0 Å². The van der Waals surface area contributed by atoms with Gasteiger partial charge in [0.1, 0.15) is 11.3 Å². The van der Waals surface area contributed by atoms with Crippen LogP contribution >= 0.6 is 0 Å². The Labute approximate surface area is 80.2 Å². The zero-order chi connectivity index (χ0) is 10.3. The normalized spacial score (nSPS) is 10.7. The van der Waals surface area contributed by atoms with Crippen LogP contribution in [-0.4, -0.2) is 26.9 Å². The molecule has 0 unspecified atom stereocenters. The topological polar surface area (TPSA) is 67.0 Å². The van der Waals surface area contributed by atoms with Crippen LogP contribution in [0.25, 0.3) is 5.52 Å². The third kappa shape index (κ3) is 0.985. The lowest BCUT2D eigenvalue weighted by Gasteiger charge is -2.03. The van der Waals surface area contributed by atoms with E-state index in [1.165, 1.54) is 17.7 Å². The van der Waals surface area contributed by atoms with Gasteiger partial charge in [0.25, 0.3) is 0 Å². The molecule has 0 atom stereocenters. The summed E-state index contributed by atoms with van der Waals surface area (Å²) in [5.41, 5.74) is 0.989. The first kappa shape index (κ1) is 8.68. The van der Waals surface area contributed by atoms with Crippen molar-refractivity contribution in [3.8, 4) is 17.5 Å². The minimum Gasteiger partial charge on any atom is -0.506 e. The first-order valence-corrected chi connectivity index (χ1v) is 4.09. The summed E-state index contributed by atoms with van der Waals surface area (Å²) in [4.78, 5) is 0. The Morgan fingerprint density at radius 3 is 2.71 bits per heavy atom. The lowest BCUT2D eigenvalue weighted by Crippen LogP contribution is -1.95. The fourth-order valence-corrected chi connectivity index (χ4v) is 1.40. The molecule has 0 spiro atoms. The van der Waals surface area contributed by atoms with Gasteiger partial charge in [0.05, 0.1) is 7.11 Å². The standard InChI is InChI=1S/C9H10N2O3/c1-5-8-6(12)3-4-7(14-2)11(8)10-9(5)13/h3-4,12H,1-2H3,(H,10,13). The number of aromatic nitrogens is 2. The van der Waals surface area contributed by atoms with Crippen LogP contribution in [0.3, 0.4) is 0 Å². The van der Waals surface area contributed by atoms with Crippen molar-refractivity contribution in [1.29, 1.82) is 0 Å². The maximum atomic E-state index is 9.56. The van der Waals surface area contributed by atoms with Crippen LogP contribution < -0.4 is 4.74 Å². The smallest absolute Gasteiger partial charge is 0.234 e. The Morgan fingerprint density at radius 2 is 2.07 bits per heavy atom. The van der Waals surface area contributed by atoms with Gasteiger partial charge in [-0.1, -0.05) is 0 Å². The van der Waals surface area contributed by atoms with Crippen molar-refractivity contribution in [2.45, 2.75) is 6.92 Å². The average molecular weight is 194 g/mol. The molecule has 0 aliphatic carbocycles. The van der Waals surface area contributed by atoms with Crippen LogP contribution in [0.2, 0.25) is 0 Å². The largest absolute Gasteiger partial charge is 0.506 e. The fraction of sp³-hybridized carbons (Fsp3) is 0.222. The van der Waals surface area contributed by atoms with Gasteiger partial charge in [0.15, 0.2) is 0 Å². The van der Waals surface area contributed by atoms with E-state index in [1.54, 1.807) is 13.0 Å². The molecule has 0 amide bonds. The third-order valence-corrected chi connectivity index (χ3v) is 2.14. The molecule has 2 aromatic rings. The Hall–Kier alpha value is -1.91. The molecular weight excluding hydrogens is 184 g/mol. The van der Waals surface area contributed by atoms with Crippen molar-refractivity contribution >= 4 is 5.52 Å². The number of nitrogens with zero attached hydrogens (tertiary/aromatic N) is 2. The van der Waals surface area contributed by atoms with Gasteiger partial charge in [-0.2, -0.15) is 4.52 Å². The first-order chi connectivity index (χ1) is 6.65. The second-order valence-electron chi connectivity index (χ2n) is 2.97. The molecule has 0 fully saturated rings. The second-order valence-corrected chi connectivity index (χ2v) is 2.97. The van der Waals surface area contributed by atoms with Gasteiger partial charge in [-0.15, -0.1) is 5.10 Å². The summed E-state index contributed by atoms with van der Waals surface area (Å²) in [5.74, 6) is 0.419. The molecule has 2 heterocycles. The van der Waals surface area contributed by atoms with Gasteiger partial charge in [0, 0.05) is 11.6 Å². The number of methoxy groups -OCH3 is 1. The third-order valence-electron chi connectivity index (χ3n) is 2.14. The van der Waals surface area contributed by atoms with E-state index in [4.69, 9.17) is 4.74 Å². The summed E-state index contributed by atoms with van der Waals surface area (Å²) < 4.78 is 6.39. The highest BCUT2D eigenvalue weighted by Crippen LogP contribution is 2.30. The Morgan fingerprint density at radius 1 is 1.36 bits per heavy atom. The van der Waals surface area contributed by atoms with Gasteiger partial charge in [-0.25, -0.2) is 0 Å². The van der Waals surface area contributed by atoms with E-state index in [2.05, 4.69) is 5.10 Å². The number of hydrogen-bond donors (Lipinski definition) is 2. The predicted octanol–water partition coefficient (Wildman–Crippen LogP) is 1.06. The molecule has 0 aliphatic heterocycles. The molecule has 5 nitrogen and oxygen atoms in total. The van der Waals surface area contributed by atoms with Gasteiger partial charge in [-0.3, -0.25) is 0 Å². The molecular formula is C9H10N2O3. The highest BCUT2D eigenvalue weighted by Gasteiger charge is 2.14. The molecule has 0 aliphatic rings. The highest BCUT2D eigenvalue weighted by atomic mass is 16.5. The van der Waals surface area contributed by atoms with Crippen molar-refractivity contribution in [3.05, 3.63) is 17.7 Å². The van der Waals surface area contributed by atoms with Crippen LogP contribution in [0.4, 0.5) is 0 Å². The summed E-state index contributed by atoms with van der Waals surface area (Å²) in [6.45, 7) is 1.68. The SMILES string of the molecule is COc1ccc(O)c2c(C)c(O)nn12. The average Bonchev–Trinajstić information content (AvgIpc) is 2.45. The Bertz CT molecular complexity index is 490. The van der Waals surface area contributed by atoms with Crippen molar-refractivity contribution in [2.75, 3.05) is 7.11 Å². The number of aromatic hydroxyl groups is 2. The Balaban J connectivity index is 2.91. The maximum Gasteiger partial charge on any atom is 0.234 e. The zero-order valence-corrected chi connectivity index (χ0v) is 7.85. The molecule has 0 radical (unpaired) electrons.